The van der Waals surface area contributed by atoms with Gasteiger partial charge in [-0.1, -0.05) is 0 Å². The van der Waals surface area contributed by atoms with Gasteiger partial charge < -0.3 is 29.5 Å². The number of nitrogens with zero attached hydrogens (tertiary/aromatic N) is 1. The second-order valence-corrected chi connectivity index (χ2v) is 8.40. The molecule has 1 aromatic rings. The maximum absolute atomic E-state index is 11.9. The maximum atomic E-state index is 11.9. The summed E-state index contributed by atoms with van der Waals surface area (Å²) < 4.78 is 26.2. The number of amides is 3. The van der Waals surface area contributed by atoms with Crippen LogP contribution in [0.1, 0.15) is 30.6 Å². The van der Waals surface area contributed by atoms with E-state index >= 15 is 0 Å². The molecule has 0 aliphatic carbocycles. The molecule has 5 N–H and O–H groups in total. The number of rotatable bonds is 7. The van der Waals surface area contributed by atoms with Gasteiger partial charge in [0.2, 0.25) is 5.91 Å². The highest BCUT2D eigenvalue weighted by molar-refractivity contribution is 7.80. The number of aliphatic carboxylic acids is 1. The van der Waals surface area contributed by atoms with E-state index in [1.54, 1.807) is 6.92 Å². The predicted octanol–water partition coefficient (Wildman–Crippen LogP) is -0.819. The summed E-state index contributed by atoms with van der Waals surface area (Å²) in [6, 6.07) is 0.813. The van der Waals surface area contributed by atoms with E-state index < -0.39 is 69.9 Å². The Morgan fingerprint density at radius 3 is 2.45 bits per heavy atom. The Morgan fingerprint density at radius 1 is 1.32 bits per heavy atom. The third kappa shape index (κ3) is 5.03. The number of β-lactam (4-membered cyclic amide) rings is 1. The van der Waals surface area contributed by atoms with Gasteiger partial charge in [-0.05, 0) is 43.1 Å². The van der Waals surface area contributed by atoms with Gasteiger partial charge in [0.1, 0.15) is 12.6 Å². The molecule has 1 heterocycles. The van der Waals surface area contributed by atoms with E-state index in [0.29, 0.717) is 0 Å². The molecule has 4 atom stereocenters. The van der Waals surface area contributed by atoms with Crippen molar-refractivity contribution in [2.24, 2.45) is 0 Å². The molecule has 1 unspecified atom stereocenters. The van der Waals surface area contributed by atoms with Crippen LogP contribution < -0.4 is 10.9 Å². The van der Waals surface area contributed by atoms with E-state index in [1.165, 1.54) is 0 Å². The van der Waals surface area contributed by atoms with Crippen LogP contribution in [0, 0.1) is 0 Å². The van der Waals surface area contributed by atoms with Crippen molar-refractivity contribution in [2.75, 3.05) is 6.61 Å². The van der Waals surface area contributed by atoms with Crippen LogP contribution in [0.3, 0.4) is 0 Å². The number of aromatic hydroxyl groups is 2. The van der Waals surface area contributed by atoms with E-state index in [4.69, 9.17) is 4.74 Å². The van der Waals surface area contributed by atoms with Crippen LogP contribution in [0.2, 0.25) is 0 Å². The number of carboxylic acid groups (broad SMARTS) is 1. The Kier molecular flexibility index (Phi) is 7.07. The molecule has 13 nitrogen and oxygen atoms in total. The molecule has 1 aliphatic heterocycles. The van der Waals surface area contributed by atoms with Crippen molar-refractivity contribution in [2.45, 2.75) is 37.1 Å². The number of carbonyl (C=O) groups excluding carboxylic acids is 3. The summed E-state index contributed by atoms with van der Waals surface area (Å²) in [5.41, 5.74) is 3.64. The van der Waals surface area contributed by atoms with Crippen molar-refractivity contribution in [1.82, 2.24) is 15.8 Å². The van der Waals surface area contributed by atoms with Crippen LogP contribution in [-0.2, 0) is 25.4 Å². The highest BCUT2D eigenvalue weighted by Crippen LogP contribution is 2.31. The van der Waals surface area contributed by atoms with E-state index in [-0.39, 0.29) is 12.0 Å². The molecule has 1 aromatic carbocycles. The zero-order chi connectivity index (χ0) is 23.5. The minimum atomic E-state index is -3.07. The lowest BCUT2D eigenvalue weighted by atomic mass is 9.92. The van der Waals surface area contributed by atoms with Gasteiger partial charge in [0, 0.05) is 18.0 Å². The number of benzene rings is 1. The van der Waals surface area contributed by atoms with E-state index in [0.717, 1.165) is 30.0 Å². The number of hydrazine groups is 1. The Hall–Kier alpha value is -3.39. The fourth-order valence-corrected chi connectivity index (χ4v) is 3.52. The second-order valence-electron chi connectivity index (χ2n) is 7.00. The van der Waals surface area contributed by atoms with Crippen LogP contribution in [0.15, 0.2) is 18.2 Å². The molecule has 1 fully saturated rings. The largest absolute Gasteiger partial charge is 0.772 e. The Balaban J connectivity index is 2.03. The lowest BCUT2D eigenvalue weighted by molar-refractivity contribution is -0.163. The first-order valence-electron chi connectivity index (χ1n) is 8.77. The summed E-state index contributed by atoms with van der Waals surface area (Å²) in [6.45, 7) is 1.63. The van der Waals surface area contributed by atoms with Crippen LogP contribution >= 0.6 is 0 Å². The van der Waals surface area contributed by atoms with Crippen molar-refractivity contribution in [3.63, 3.8) is 0 Å². The molecule has 0 radical (unpaired) electrons. The topological polar surface area (TPSA) is 206 Å². The number of ether oxygens (including phenoxy) is 1. The SMILES string of the molecule is C[C@@H]1CC(=O)N1[C@@H](C(=O)O)[C@](C)(COC(=O)NNC(=O)c1ccc(O)c(O)c1)S(=O)[O-]. The molecule has 3 amide bonds. The van der Waals surface area contributed by atoms with Gasteiger partial charge in [-0.2, -0.15) is 0 Å². The van der Waals surface area contributed by atoms with Gasteiger partial charge in [-0.15, -0.1) is 0 Å². The predicted molar refractivity (Wildman–Crippen MR) is 101 cm³/mol. The highest BCUT2D eigenvalue weighted by Gasteiger charge is 2.52. The number of hydrogen-bond acceptors (Lipinski definition) is 9. The average Bonchev–Trinajstić information content (AvgIpc) is 2.69. The van der Waals surface area contributed by atoms with Crippen molar-refractivity contribution in [3.05, 3.63) is 23.8 Å². The zero-order valence-corrected chi connectivity index (χ0v) is 17.2. The molecule has 2 rings (SSSR count). The molecule has 14 heteroatoms. The minimum Gasteiger partial charge on any atom is -0.772 e. The van der Waals surface area contributed by atoms with Gasteiger partial charge in [0.05, 0.1) is 4.75 Å². The Bertz CT molecular complexity index is 939. The third-order valence-electron chi connectivity index (χ3n) is 4.71. The van der Waals surface area contributed by atoms with Crippen LogP contribution in [0.5, 0.6) is 11.5 Å². The fourth-order valence-electron chi connectivity index (χ4n) is 2.97. The van der Waals surface area contributed by atoms with Gasteiger partial charge in [-0.3, -0.25) is 19.2 Å². The first-order chi connectivity index (χ1) is 14.4. The molecule has 31 heavy (non-hydrogen) atoms. The molecule has 0 bridgehead atoms. The summed E-state index contributed by atoms with van der Waals surface area (Å²) in [5, 5.41) is 28.1. The van der Waals surface area contributed by atoms with Gasteiger partial charge >= 0.3 is 12.1 Å². The lowest BCUT2D eigenvalue weighted by Crippen LogP contribution is -2.68. The number of carbonyl (C=O) groups is 4. The van der Waals surface area contributed by atoms with Gasteiger partial charge in [0.25, 0.3) is 5.91 Å². The first kappa shape index (κ1) is 23.9. The number of carboxylic acids is 1. The summed E-state index contributed by atoms with van der Waals surface area (Å²) in [5.74, 6) is -4.07. The molecule has 0 saturated carbocycles. The number of hydrogen-bond donors (Lipinski definition) is 5. The van der Waals surface area contributed by atoms with Crippen LogP contribution in [-0.4, -0.2) is 76.3 Å². The number of nitrogens with one attached hydrogen (secondary N) is 2. The van der Waals surface area contributed by atoms with E-state index in [2.05, 4.69) is 0 Å². The van der Waals surface area contributed by atoms with E-state index in [1.807, 2.05) is 10.9 Å². The second kappa shape index (κ2) is 9.18. The van der Waals surface area contributed by atoms with Crippen molar-refractivity contribution >= 4 is 35.0 Å². The van der Waals surface area contributed by atoms with Gasteiger partial charge in [0.15, 0.2) is 11.5 Å². The molecule has 0 spiro atoms. The minimum absolute atomic E-state index is 0.0611. The third-order valence-corrected chi connectivity index (χ3v) is 5.81. The Morgan fingerprint density at radius 2 is 1.97 bits per heavy atom. The Labute approximate surface area is 178 Å². The molecule has 1 saturated heterocycles. The zero-order valence-electron chi connectivity index (χ0n) is 16.4. The summed E-state index contributed by atoms with van der Waals surface area (Å²) in [7, 11) is 0. The summed E-state index contributed by atoms with van der Waals surface area (Å²) in [4.78, 5) is 48.2. The quantitative estimate of drug-likeness (QED) is 0.148. The standard InChI is InChI=1S/C17H21N3O10S/c1-8-5-12(23)20(8)13(15(25)26)17(2,31(28)29)7-30-16(27)19-18-14(24)9-3-4-10(21)11(22)6-9/h3-4,6,8,13,21-22H,5,7H2,1-2H3,(H,18,24)(H,19,27)(H,25,26)(H,28,29)/p-1/t8-,13+,17+/m1/s1. The molecule has 0 aromatic heterocycles. The highest BCUT2D eigenvalue weighted by atomic mass is 32.2. The van der Waals surface area contributed by atoms with Gasteiger partial charge in [-0.25, -0.2) is 15.0 Å². The molecular formula is C17H20N3O10S-. The van der Waals surface area contributed by atoms with Crippen molar-refractivity contribution in [1.29, 1.82) is 0 Å². The number of likely N-dealkylation sites (tertiary alicyclic amines) is 1. The van der Waals surface area contributed by atoms with Crippen LogP contribution in [0.25, 0.3) is 0 Å². The normalized spacial score (nSPS) is 19.4. The molecular weight excluding hydrogens is 438 g/mol. The number of phenols is 2. The van der Waals surface area contributed by atoms with Crippen molar-refractivity contribution in [3.8, 4) is 11.5 Å². The molecule has 170 valence electrons. The summed E-state index contributed by atoms with van der Waals surface area (Å²) in [6.07, 6.45) is -1.24. The average molecular weight is 458 g/mol. The van der Waals surface area contributed by atoms with E-state index in [9.17, 15) is 43.3 Å². The monoisotopic (exact) mass is 458 g/mol. The lowest BCUT2D eigenvalue weighted by Gasteiger charge is -2.49. The fraction of sp³-hybridized carbons (Fsp3) is 0.412. The smallest absolute Gasteiger partial charge is 0.426 e. The maximum Gasteiger partial charge on any atom is 0.426 e. The van der Waals surface area contributed by atoms with Crippen molar-refractivity contribution < 1.29 is 48.0 Å². The number of phenolic OH excluding ortho intramolecular Hbond substituents is 2. The summed E-state index contributed by atoms with van der Waals surface area (Å²) >= 11 is -3.07. The molecule has 1 aliphatic rings. The van der Waals surface area contributed by atoms with Crippen LogP contribution in [0.4, 0.5) is 4.79 Å². The first-order valence-corrected chi connectivity index (χ1v) is 9.84.